The molecule has 1 aromatic heterocycles. The van der Waals surface area contributed by atoms with Gasteiger partial charge in [-0.2, -0.15) is 0 Å². The molecule has 0 bridgehead atoms. The number of anilines is 1. The van der Waals surface area contributed by atoms with Crippen LogP contribution in [0.4, 0.5) is 10.1 Å². The predicted octanol–water partition coefficient (Wildman–Crippen LogP) is 4.88. The second-order valence-corrected chi connectivity index (χ2v) is 7.44. The molecule has 31 heavy (non-hydrogen) atoms. The Kier molecular flexibility index (Phi) is 5.75. The molecule has 3 aromatic rings. The molecule has 0 aliphatic carbocycles. The third-order valence-corrected chi connectivity index (χ3v) is 5.63. The Bertz CT molecular complexity index is 1130. The molecule has 1 aliphatic rings. The first-order valence-corrected chi connectivity index (χ1v) is 10.0. The predicted molar refractivity (Wildman–Crippen MR) is 116 cm³/mol. The number of nitrogens with one attached hydrogen (secondary N) is 1. The summed E-state index contributed by atoms with van der Waals surface area (Å²) in [5.41, 5.74) is 4.15. The van der Waals surface area contributed by atoms with Crippen molar-refractivity contribution in [3.05, 3.63) is 71.3 Å². The van der Waals surface area contributed by atoms with Gasteiger partial charge in [0.25, 0.3) is 0 Å². The van der Waals surface area contributed by atoms with Crippen LogP contribution in [0.1, 0.15) is 33.8 Å². The minimum Gasteiger partial charge on any atom is -0.496 e. The average molecular weight is 422 g/mol. The van der Waals surface area contributed by atoms with Gasteiger partial charge < -0.3 is 19.9 Å². The number of methoxy groups -OCH3 is 1. The molecule has 2 N–H and O–H groups in total. The van der Waals surface area contributed by atoms with Crippen molar-refractivity contribution in [1.29, 1.82) is 0 Å². The van der Waals surface area contributed by atoms with Crippen LogP contribution < -0.4 is 14.8 Å². The molecule has 7 heteroatoms. The number of pyridine rings is 1. The Morgan fingerprint density at radius 1 is 1.29 bits per heavy atom. The second kappa shape index (κ2) is 8.63. The first kappa shape index (κ1) is 20.7. The molecule has 0 fully saturated rings. The Morgan fingerprint density at radius 2 is 2.13 bits per heavy atom. The quantitative estimate of drug-likeness (QED) is 0.589. The van der Waals surface area contributed by atoms with Crippen LogP contribution >= 0.6 is 0 Å². The van der Waals surface area contributed by atoms with Gasteiger partial charge in [0.2, 0.25) is 0 Å². The lowest BCUT2D eigenvalue weighted by atomic mass is 9.88. The number of ether oxygens (including phenoxy) is 2. The van der Waals surface area contributed by atoms with Gasteiger partial charge in [0.1, 0.15) is 17.3 Å². The summed E-state index contributed by atoms with van der Waals surface area (Å²) in [7, 11) is 1.56. The molecule has 4 rings (SSSR count). The highest BCUT2D eigenvalue weighted by Gasteiger charge is 2.25. The van der Waals surface area contributed by atoms with E-state index in [1.54, 1.807) is 13.2 Å². The number of rotatable bonds is 6. The average Bonchev–Trinajstić information content (AvgIpc) is 2.78. The number of benzene rings is 2. The molecule has 0 saturated heterocycles. The summed E-state index contributed by atoms with van der Waals surface area (Å²) in [6, 6.07) is 9.88. The first-order valence-electron chi connectivity index (χ1n) is 10.0. The van der Waals surface area contributed by atoms with Crippen LogP contribution in [0.3, 0.4) is 0 Å². The molecule has 0 saturated carbocycles. The first-order chi connectivity index (χ1) is 15.0. The van der Waals surface area contributed by atoms with E-state index in [0.717, 1.165) is 28.9 Å². The van der Waals surface area contributed by atoms with Crippen LogP contribution in [0, 0.1) is 12.7 Å². The van der Waals surface area contributed by atoms with E-state index in [9.17, 15) is 14.3 Å². The SMILES string of the molecule is COc1ccc(F)cc1-c1ccc2c(c1C)OCC[C@H]2CNc1cnccc1C(=O)O. The monoisotopic (exact) mass is 422 g/mol. The maximum Gasteiger partial charge on any atom is 0.337 e. The van der Waals surface area contributed by atoms with E-state index in [4.69, 9.17) is 9.47 Å². The highest BCUT2D eigenvalue weighted by Crippen LogP contribution is 2.42. The van der Waals surface area contributed by atoms with Crippen molar-refractivity contribution in [2.75, 3.05) is 25.6 Å². The maximum atomic E-state index is 13.9. The summed E-state index contributed by atoms with van der Waals surface area (Å²) >= 11 is 0. The van der Waals surface area contributed by atoms with Crippen molar-refractivity contribution < 1.29 is 23.8 Å². The zero-order chi connectivity index (χ0) is 22.0. The van der Waals surface area contributed by atoms with Gasteiger partial charge in [0.05, 0.1) is 31.2 Å². The number of aromatic carboxylic acids is 1. The van der Waals surface area contributed by atoms with Gasteiger partial charge in [-0.3, -0.25) is 4.98 Å². The van der Waals surface area contributed by atoms with Gasteiger partial charge in [-0.25, -0.2) is 9.18 Å². The maximum absolute atomic E-state index is 13.9. The van der Waals surface area contributed by atoms with Crippen molar-refractivity contribution in [2.24, 2.45) is 0 Å². The van der Waals surface area contributed by atoms with Crippen molar-refractivity contribution in [3.8, 4) is 22.6 Å². The summed E-state index contributed by atoms with van der Waals surface area (Å²) in [6.07, 6.45) is 3.78. The molecule has 160 valence electrons. The van der Waals surface area contributed by atoms with Crippen LogP contribution in [0.2, 0.25) is 0 Å². The Morgan fingerprint density at radius 3 is 2.90 bits per heavy atom. The lowest BCUT2D eigenvalue weighted by molar-refractivity contribution is 0.0697. The Hall–Kier alpha value is -3.61. The zero-order valence-corrected chi connectivity index (χ0v) is 17.3. The third-order valence-electron chi connectivity index (χ3n) is 5.63. The van der Waals surface area contributed by atoms with Crippen molar-refractivity contribution in [3.63, 3.8) is 0 Å². The zero-order valence-electron chi connectivity index (χ0n) is 17.3. The molecule has 1 aliphatic heterocycles. The molecule has 0 unspecified atom stereocenters. The number of halogens is 1. The highest BCUT2D eigenvalue weighted by molar-refractivity contribution is 5.93. The Balaban J connectivity index is 1.64. The van der Waals surface area contributed by atoms with Gasteiger partial charge in [-0.1, -0.05) is 12.1 Å². The Labute approximate surface area is 179 Å². The van der Waals surface area contributed by atoms with Gasteiger partial charge in [-0.05, 0) is 54.3 Å². The van der Waals surface area contributed by atoms with E-state index in [-0.39, 0.29) is 17.3 Å². The summed E-state index contributed by atoms with van der Waals surface area (Å²) in [4.78, 5) is 15.5. The van der Waals surface area contributed by atoms with Gasteiger partial charge >= 0.3 is 5.97 Å². The fourth-order valence-electron chi connectivity index (χ4n) is 4.03. The highest BCUT2D eigenvalue weighted by atomic mass is 19.1. The number of nitrogens with zero attached hydrogens (tertiary/aromatic N) is 1. The number of aromatic nitrogens is 1. The van der Waals surface area contributed by atoms with Gasteiger partial charge in [0.15, 0.2) is 0 Å². The molecule has 0 radical (unpaired) electrons. The normalized spacial score (nSPS) is 15.0. The minimum atomic E-state index is -0.998. The van der Waals surface area contributed by atoms with Crippen LogP contribution in [0.15, 0.2) is 48.8 Å². The largest absolute Gasteiger partial charge is 0.496 e. The van der Waals surface area contributed by atoms with E-state index in [2.05, 4.69) is 10.3 Å². The topological polar surface area (TPSA) is 80.7 Å². The number of fused-ring (bicyclic) bond motifs is 1. The minimum absolute atomic E-state index is 0.132. The van der Waals surface area contributed by atoms with E-state index in [0.29, 0.717) is 30.2 Å². The van der Waals surface area contributed by atoms with Crippen molar-refractivity contribution >= 4 is 11.7 Å². The summed E-state index contributed by atoms with van der Waals surface area (Å²) in [5, 5.41) is 12.6. The number of carboxylic acids is 1. The molecule has 2 heterocycles. The number of hydrogen-bond acceptors (Lipinski definition) is 5. The molecule has 6 nitrogen and oxygen atoms in total. The molecule has 0 spiro atoms. The lowest BCUT2D eigenvalue weighted by Crippen LogP contribution is -2.22. The van der Waals surface area contributed by atoms with Gasteiger partial charge in [0, 0.05) is 24.2 Å². The van der Waals surface area contributed by atoms with Gasteiger partial charge in [-0.15, -0.1) is 0 Å². The van der Waals surface area contributed by atoms with E-state index in [1.807, 2.05) is 19.1 Å². The van der Waals surface area contributed by atoms with E-state index in [1.165, 1.54) is 30.6 Å². The summed E-state index contributed by atoms with van der Waals surface area (Å²) in [6.45, 7) is 3.05. The molecular formula is C24H23FN2O4. The van der Waals surface area contributed by atoms with Crippen LogP contribution in [-0.4, -0.2) is 36.3 Å². The van der Waals surface area contributed by atoms with Crippen LogP contribution in [0.5, 0.6) is 11.5 Å². The van der Waals surface area contributed by atoms with Crippen LogP contribution in [0.25, 0.3) is 11.1 Å². The lowest BCUT2D eigenvalue weighted by Gasteiger charge is -2.29. The standard InChI is InChI=1S/C24H23FN2O4/c1-14-17(20-11-16(25)3-6-22(20)30-2)4-5-18-15(8-10-31-23(14)18)12-27-21-13-26-9-7-19(21)24(28)29/h3-7,9,11,13,15,27H,8,10,12H2,1-2H3,(H,28,29)/t15-/m0/s1. The van der Waals surface area contributed by atoms with Crippen molar-refractivity contribution in [1.82, 2.24) is 4.98 Å². The smallest absolute Gasteiger partial charge is 0.337 e. The molecular weight excluding hydrogens is 399 g/mol. The number of carboxylic acid groups (broad SMARTS) is 1. The fraction of sp³-hybridized carbons (Fsp3) is 0.250. The second-order valence-electron chi connectivity index (χ2n) is 7.44. The summed E-state index contributed by atoms with van der Waals surface area (Å²) in [5.74, 6) is 0.180. The third kappa shape index (κ3) is 4.03. The number of carbonyl (C=O) groups is 1. The molecule has 2 aromatic carbocycles. The summed E-state index contributed by atoms with van der Waals surface area (Å²) < 4.78 is 25.3. The molecule has 1 atom stereocenters. The van der Waals surface area contributed by atoms with Crippen LogP contribution in [-0.2, 0) is 0 Å². The molecule has 0 amide bonds. The van der Waals surface area contributed by atoms with E-state index >= 15 is 0 Å². The number of hydrogen-bond donors (Lipinski definition) is 2. The fourth-order valence-corrected chi connectivity index (χ4v) is 4.03. The van der Waals surface area contributed by atoms with Crippen molar-refractivity contribution in [2.45, 2.75) is 19.3 Å². The van der Waals surface area contributed by atoms with E-state index < -0.39 is 5.97 Å².